The van der Waals surface area contributed by atoms with Crippen LogP contribution < -0.4 is 39.3 Å². The first-order valence-electron chi connectivity index (χ1n) is 11.6. The maximum absolute atomic E-state index is 13.4. The fourth-order valence-electron chi connectivity index (χ4n) is 3.65. The maximum atomic E-state index is 13.4. The monoisotopic (exact) mass is 530 g/mol. The predicted octanol–water partition coefficient (Wildman–Crippen LogP) is -3.60. The number of carbonyl (C=O) groups excluding carboxylic acids is 3. The summed E-state index contributed by atoms with van der Waals surface area (Å²) in [6, 6.07) is -3.95. The lowest BCUT2D eigenvalue weighted by Gasteiger charge is -2.30. The van der Waals surface area contributed by atoms with Gasteiger partial charge in [0, 0.05) is 25.4 Å². The van der Waals surface area contributed by atoms with Crippen molar-refractivity contribution in [2.75, 3.05) is 25.4 Å². The molecule has 3 amide bonds. The lowest BCUT2D eigenvalue weighted by Crippen LogP contribution is -2.57. The molecule has 0 aliphatic carbocycles. The number of rotatable bonds is 15. The lowest BCUT2D eigenvalue weighted by atomic mass is 10.1. The molecule has 0 saturated carbocycles. The highest BCUT2D eigenvalue weighted by Crippen LogP contribution is 2.20. The fourth-order valence-corrected chi connectivity index (χ4v) is 3.89. The van der Waals surface area contributed by atoms with Gasteiger partial charge < -0.3 is 49.3 Å². The van der Waals surface area contributed by atoms with Gasteiger partial charge in [-0.15, -0.1) is 0 Å². The molecule has 0 aromatic rings. The van der Waals surface area contributed by atoms with E-state index in [4.69, 9.17) is 28.7 Å². The zero-order valence-corrected chi connectivity index (χ0v) is 21.0. The second-order valence-electron chi connectivity index (χ2n) is 8.34. The largest absolute Gasteiger partial charge is 0.480 e. The summed E-state index contributed by atoms with van der Waals surface area (Å²) in [6.07, 6.45) is 2.21. The molecule has 13 N–H and O–H groups in total. The molecule has 16 heteroatoms. The number of nitrogens with two attached hydrogens (primary N) is 5. The number of aliphatic carboxylic acids is 1. The molecular formula is C20H38N10O5S. The Labute approximate surface area is 215 Å². The summed E-state index contributed by atoms with van der Waals surface area (Å²) in [5.41, 5.74) is 27.2. The quantitative estimate of drug-likeness (QED) is 0.0434. The Balaban J connectivity index is 2.91. The van der Waals surface area contributed by atoms with Crippen molar-refractivity contribution in [3.8, 4) is 0 Å². The number of aliphatic imine (C=N–C) groups is 2. The topological polar surface area (TPSA) is 271 Å². The molecule has 0 bridgehead atoms. The highest BCUT2D eigenvalue weighted by atomic mass is 32.1. The lowest BCUT2D eigenvalue weighted by molar-refractivity contribution is -0.144. The van der Waals surface area contributed by atoms with Crippen molar-refractivity contribution in [1.29, 1.82) is 0 Å². The van der Waals surface area contributed by atoms with Crippen LogP contribution in [0, 0.1) is 0 Å². The van der Waals surface area contributed by atoms with Crippen LogP contribution in [-0.2, 0) is 19.2 Å². The molecule has 1 heterocycles. The molecule has 4 atom stereocenters. The van der Waals surface area contributed by atoms with Gasteiger partial charge in [0.25, 0.3) is 0 Å². The van der Waals surface area contributed by atoms with E-state index in [0.29, 0.717) is 32.2 Å². The average Bonchev–Trinajstić information content (AvgIpc) is 3.30. The van der Waals surface area contributed by atoms with Crippen molar-refractivity contribution in [1.82, 2.24) is 15.5 Å². The van der Waals surface area contributed by atoms with Gasteiger partial charge in [-0.2, -0.15) is 12.6 Å². The Hall–Kier alpha value is -3.27. The van der Waals surface area contributed by atoms with Crippen LogP contribution in [0.5, 0.6) is 0 Å². The Morgan fingerprint density at radius 2 is 1.56 bits per heavy atom. The normalized spacial score (nSPS) is 17.4. The van der Waals surface area contributed by atoms with Crippen LogP contribution in [0.25, 0.3) is 0 Å². The molecule has 4 unspecified atom stereocenters. The summed E-state index contributed by atoms with van der Waals surface area (Å²) in [7, 11) is 0. The van der Waals surface area contributed by atoms with Crippen molar-refractivity contribution in [2.45, 2.75) is 62.7 Å². The van der Waals surface area contributed by atoms with Gasteiger partial charge in [-0.1, -0.05) is 0 Å². The number of carboxylic acid groups (broad SMARTS) is 1. The van der Waals surface area contributed by atoms with E-state index in [1.54, 1.807) is 0 Å². The zero-order valence-electron chi connectivity index (χ0n) is 20.1. The number of hydrogen-bond donors (Lipinski definition) is 9. The van der Waals surface area contributed by atoms with Crippen LogP contribution in [0.15, 0.2) is 9.98 Å². The van der Waals surface area contributed by atoms with Crippen molar-refractivity contribution in [3.63, 3.8) is 0 Å². The number of likely N-dealkylation sites (tertiary alicyclic amines) is 1. The third-order valence-electron chi connectivity index (χ3n) is 5.50. The van der Waals surface area contributed by atoms with Crippen LogP contribution in [0.4, 0.5) is 0 Å². The molecule has 1 rings (SSSR count). The number of nitrogens with zero attached hydrogens (tertiary/aromatic N) is 3. The number of hydrogen-bond acceptors (Lipinski definition) is 8. The SMILES string of the molecule is NC(N)=NCCCC(N)C(=O)NC(CCCN=C(N)N)C(=O)N1CCCC1C(=O)NC(CS)C(=O)O. The van der Waals surface area contributed by atoms with Crippen LogP contribution in [0.2, 0.25) is 0 Å². The number of carbonyl (C=O) groups is 4. The molecule has 1 fully saturated rings. The van der Waals surface area contributed by atoms with Crippen LogP contribution in [-0.4, -0.2) is 95.2 Å². The summed E-state index contributed by atoms with van der Waals surface area (Å²) in [5.74, 6) is -3.10. The third kappa shape index (κ3) is 10.6. The number of guanidine groups is 2. The van der Waals surface area contributed by atoms with E-state index >= 15 is 0 Å². The maximum Gasteiger partial charge on any atom is 0.327 e. The Bertz CT molecular complexity index is 832. The van der Waals surface area contributed by atoms with Gasteiger partial charge in [0.15, 0.2) is 11.9 Å². The number of nitrogens with one attached hydrogen (secondary N) is 2. The molecule has 1 aliphatic rings. The molecule has 0 aromatic heterocycles. The minimum absolute atomic E-state index is 0.0623. The minimum Gasteiger partial charge on any atom is -0.480 e. The molecule has 1 aliphatic heterocycles. The number of carboxylic acids is 1. The van der Waals surface area contributed by atoms with E-state index in [0.717, 1.165) is 0 Å². The van der Waals surface area contributed by atoms with Crippen LogP contribution >= 0.6 is 12.6 Å². The van der Waals surface area contributed by atoms with Crippen molar-refractivity contribution in [2.24, 2.45) is 38.7 Å². The summed E-state index contributed by atoms with van der Waals surface area (Å²) in [6.45, 7) is 0.817. The van der Waals surface area contributed by atoms with Gasteiger partial charge in [-0.3, -0.25) is 24.4 Å². The van der Waals surface area contributed by atoms with Gasteiger partial charge in [-0.25, -0.2) is 4.79 Å². The van der Waals surface area contributed by atoms with E-state index in [-0.39, 0.29) is 43.6 Å². The van der Waals surface area contributed by atoms with Gasteiger partial charge in [-0.05, 0) is 38.5 Å². The van der Waals surface area contributed by atoms with Crippen LogP contribution in [0.3, 0.4) is 0 Å². The minimum atomic E-state index is -1.23. The molecule has 0 aromatic carbocycles. The van der Waals surface area contributed by atoms with Crippen molar-refractivity contribution >= 4 is 48.2 Å². The van der Waals surface area contributed by atoms with Crippen molar-refractivity contribution in [3.05, 3.63) is 0 Å². The summed E-state index contributed by atoms with van der Waals surface area (Å²) in [4.78, 5) is 59.2. The Morgan fingerprint density at radius 1 is 0.972 bits per heavy atom. The molecule has 0 spiro atoms. The van der Waals surface area contributed by atoms with Gasteiger partial charge in [0.2, 0.25) is 17.7 Å². The first-order valence-corrected chi connectivity index (χ1v) is 12.2. The Morgan fingerprint density at radius 3 is 2.08 bits per heavy atom. The average molecular weight is 531 g/mol. The van der Waals surface area contributed by atoms with Crippen LogP contribution in [0.1, 0.15) is 38.5 Å². The molecule has 204 valence electrons. The third-order valence-corrected chi connectivity index (χ3v) is 5.87. The molecular weight excluding hydrogens is 492 g/mol. The molecule has 1 saturated heterocycles. The van der Waals surface area contributed by atoms with Gasteiger partial charge in [0.05, 0.1) is 6.04 Å². The standard InChI is InChI=1S/C20H38N10O5S/c21-11(4-1-7-26-19(22)23)15(31)28-12(5-2-8-27-20(24)25)17(33)30-9-3-6-14(30)16(32)29-13(10-36)18(34)35/h11-14,36H,1-10,21H2,(H,28,31)(H,29,32)(H,34,35)(H4,22,23,26)(H4,24,25,27). The number of amides is 3. The molecule has 0 radical (unpaired) electrons. The summed E-state index contributed by atoms with van der Waals surface area (Å²) < 4.78 is 0. The first-order chi connectivity index (χ1) is 17.0. The smallest absolute Gasteiger partial charge is 0.327 e. The summed E-state index contributed by atoms with van der Waals surface area (Å²) >= 11 is 3.94. The second-order valence-corrected chi connectivity index (χ2v) is 8.70. The van der Waals surface area contributed by atoms with Crippen molar-refractivity contribution < 1.29 is 24.3 Å². The second kappa shape index (κ2) is 15.7. The highest BCUT2D eigenvalue weighted by Gasteiger charge is 2.38. The predicted molar refractivity (Wildman–Crippen MR) is 138 cm³/mol. The highest BCUT2D eigenvalue weighted by molar-refractivity contribution is 7.80. The first kappa shape index (κ1) is 30.8. The zero-order chi connectivity index (χ0) is 27.3. The Kier molecular flexibility index (Phi) is 13.4. The summed E-state index contributed by atoms with van der Waals surface area (Å²) in [5, 5.41) is 14.3. The number of thiol groups is 1. The van der Waals surface area contributed by atoms with Gasteiger partial charge >= 0.3 is 5.97 Å². The molecule has 36 heavy (non-hydrogen) atoms. The molecule has 15 nitrogen and oxygen atoms in total. The van der Waals surface area contributed by atoms with E-state index in [9.17, 15) is 24.3 Å². The fraction of sp³-hybridized carbons (Fsp3) is 0.700. The van der Waals surface area contributed by atoms with E-state index in [1.165, 1.54) is 4.90 Å². The van der Waals surface area contributed by atoms with Gasteiger partial charge in [0.1, 0.15) is 18.1 Å². The van der Waals surface area contributed by atoms with E-state index in [2.05, 4.69) is 33.2 Å². The van der Waals surface area contributed by atoms with E-state index in [1.807, 2.05) is 0 Å². The van der Waals surface area contributed by atoms with E-state index < -0.39 is 47.9 Å².